The van der Waals surface area contributed by atoms with Gasteiger partial charge in [-0.05, 0) is 44.9 Å². The van der Waals surface area contributed by atoms with E-state index in [4.69, 9.17) is 18.9 Å². The van der Waals surface area contributed by atoms with Gasteiger partial charge in [0, 0.05) is 13.0 Å². The molecule has 6 atom stereocenters. The molecule has 0 saturated carbocycles. The highest BCUT2D eigenvalue weighted by atomic mass is 32.3. The van der Waals surface area contributed by atoms with Crippen LogP contribution in [0.25, 0.3) is 0 Å². The van der Waals surface area contributed by atoms with Crippen molar-refractivity contribution < 1.29 is 56.2 Å². The Morgan fingerprint density at radius 1 is 0.600 bits per heavy atom. The monoisotopic (exact) mass is 945 g/mol. The summed E-state index contributed by atoms with van der Waals surface area (Å²) in [6, 6.07) is 0. The molecule has 1 heterocycles. The van der Waals surface area contributed by atoms with Gasteiger partial charge in [0.1, 0.15) is 30.5 Å². The van der Waals surface area contributed by atoms with Crippen LogP contribution in [0.1, 0.15) is 226 Å². The Morgan fingerprint density at radius 3 is 1.54 bits per heavy atom. The molecule has 0 bridgehead atoms. The van der Waals surface area contributed by atoms with Gasteiger partial charge >= 0.3 is 16.4 Å². The first-order valence-electron chi connectivity index (χ1n) is 26.2. The number of esters is 1. The molecule has 0 aromatic carbocycles. The van der Waals surface area contributed by atoms with Crippen LogP contribution in [-0.4, -0.2) is 97.5 Å². The number of allylic oxidation sites excluding steroid dienone is 6. The van der Waals surface area contributed by atoms with Crippen molar-refractivity contribution in [3.05, 3.63) is 36.5 Å². The quantitative estimate of drug-likeness (QED) is 0.0197. The normalized spacial score (nSPS) is 19.9. The zero-order chi connectivity index (χ0) is 47.5. The van der Waals surface area contributed by atoms with Crippen LogP contribution < -0.4 is 0 Å². The molecule has 0 spiro atoms. The molecule has 6 unspecified atom stereocenters. The van der Waals surface area contributed by atoms with E-state index in [0.29, 0.717) is 13.0 Å². The average molecular weight is 945 g/mol. The van der Waals surface area contributed by atoms with E-state index in [1.165, 1.54) is 141 Å². The maximum Gasteiger partial charge on any atom is 0.397 e. The van der Waals surface area contributed by atoms with Crippen molar-refractivity contribution in [2.45, 2.75) is 263 Å². The Labute approximate surface area is 396 Å². The SMILES string of the molecule is CC/C=C\C/C=C\C/C=C\CCCCCC(=O)OC(COCCCCCCCCCCCCCCCCCCCCCCCCCCC)COC1OC(CO)C(O)C(OS(=O)(=O)O)C1O. The highest BCUT2D eigenvalue weighted by molar-refractivity contribution is 7.80. The van der Waals surface area contributed by atoms with E-state index in [2.05, 4.69) is 54.5 Å². The first-order chi connectivity index (χ1) is 31.6. The first kappa shape index (κ1) is 61.3. The van der Waals surface area contributed by atoms with Crippen LogP contribution in [0.2, 0.25) is 0 Å². The third kappa shape index (κ3) is 37.0. The molecule has 0 radical (unpaired) electrons. The van der Waals surface area contributed by atoms with Crippen LogP contribution in [0, 0.1) is 0 Å². The van der Waals surface area contributed by atoms with Gasteiger partial charge in [-0.3, -0.25) is 9.35 Å². The summed E-state index contributed by atoms with van der Waals surface area (Å²) in [7, 11) is -5.07. The first-order valence-corrected chi connectivity index (χ1v) is 27.6. The average Bonchev–Trinajstić information content (AvgIpc) is 3.28. The Balaban J connectivity index is 2.28. The number of aliphatic hydroxyl groups is 3. The second kappa shape index (κ2) is 43.6. The summed E-state index contributed by atoms with van der Waals surface area (Å²) in [5.74, 6) is -0.425. The zero-order valence-corrected chi connectivity index (χ0v) is 41.9. The third-order valence-corrected chi connectivity index (χ3v) is 12.5. The minimum absolute atomic E-state index is 0.0269. The molecule has 0 aromatic heterocycles. The van der Waals surface area contributed by atoms with Gasteiger partial charge in [-0.25, -0.2) is 4.18 Å². The summed E-state index contributed by atoms with van der Waals surface area (Å²) < 4.78 is 59.2. The number of carbonyl (C=O) groups is 1. The second-order valence-corrected chi connectivity index (χ2v) is 19.1. The van der Waals surface area contributed by atoms with Crippen LogP contribution in [-0.2, 0) is 38.3 Å². The topological polar surface area (TPSA) is 178 Å². The van der Waals surface area contributed by atoms with E-state index in [0.717, 1.165) is 57.8 Å². The Bertz CT molecular complexity index is 1270. The van der Waals surface area contributed by atoms with Crippen LogP contribution in [0.15, 0.2) is 36.5 Å². The van der Waals surface area contributed by atoms with E-state index in [9.17, 15) is 33.1 Å². The minimum atomic E-state index is -5.07. The van der Waals surface area contributed by atoms with E-state index in [1.807, 2.05) is 0 Å². The summed E-state index contributed by atoms with van der Waals surface area (Å²) >= 11 is 0. The smallest absolute Gasteiger partial charge is 0.397 e. The lowest BCUT2D eigenvalue weighted by molar-refractivity contribution is -0.301. The summed E-state index contributed by atoms with van der Waals surface area (Å²) in [6.45, 7) is 3.87. The number of ether oxygens (including phenoxy) is 4. The standard InChI is InChI=1S/C52H96O12S/c1-3-5-7-9-11-13-15-17-18-19-20-21-22-23-24-25-26-27-28-30-32-34-36-38-40-42-60-44-46(45-61-52-50(56)51(64-65(57,58)59)49(55)47(43-53)63-52)62-48(54)41-39-37-35-33-31-29-16-14-12-10-8-6-4-2/h6,8,12,14,29,31,46-47,49-53,55-56H,3-5,7,9-11,13,15-28,30,32-45H2,1-2H3,(H,57,58,59)/b8-6-,14-12-,31-29-. The van der Waals surface area contributed by atoms with E-state index in [1.54, 1.807) is 0 Å². The van der Waals surface area contributed by atoms with Gasteiger partial charge in [-0.1, -0.05) is 211 Å². The molecule has 65 heavy (non-hydrogen) atoms. The Hall–Kier alpha value is -1.68. The fourth-order valence-electron chi connectivity index (χ4n) is 8.10. The zero-order valence-electron chi connectivity index (χ0n) is 41.1. The Kier molecular flexibility index (Phi) is 41.1. The van der Waals surface area contributed by atoms with Gasteiger partial charge in [0.25, 0.3) is 0 Å². The van der Waals surface area contributed by atoms with Gasteiger partial charge in [0.2, 0.25) is 0 Å². The lowest BCUT2D eigenvalue weighted by atomic mass is 9.99. The van der Waals surface area contributed by atoms with Crippen molar-refractivity contribution in [1.29, 1.82) is 0 Å². The predicted molar refractivity (Wildman–Crippen MR) is 262 cm³/mol. The molecule has 382 valence electrons. The highest BCUT2D eigenvalue weighted by Crippen LogP contribution is 2.26. The van der Waals surface area contributed by atoms with E-state index in [-0.39, 0.29) is 19.6 Å². The second-order valence-electron chi connectivity index (χ2n) is 18.1. The van der Waals surface area contributed by atoms with Crippen LogP contribution >= 0.6 is 0 Å². The number of unbranched alkanes of at least 4 members (excludes halogenated alkanes) is 27. The molecule has 13 heteroatoms. The highest BCUT2D eigenvalue weighted by Gasteiger charge is 2.48. The number of rotatable bonds is 46. The number of carbonyl (C=O) groups excluding carboxylic acids is 1. The largest absolute Gasteiger partial charge is 0.457 e. The van der Waals surface area contributed by atoms with E-state index < -0.39 is 59.8 Å². The summed E-state index contributed by atoms with van der Waals surface area (Å²) in [4.78, 5) is 12.9. The van der Waals surface area contributed by atoms with Gasteiger partial charge in [-0.2, -0.15) is 8.42 Å². The van der Waals surface area contributed by atoms with Crippen molar-refractivity contribution in [2.75, 3.05) is 26.4 Å². The fourth-order valence-corrected chi connectivity index (χ4v) is 8.61. The molecular formula is C52H96O12S. The fraction of sp³-hybridized carbons (Fsp3) is 0.865. The van der Waals surface area contributed by atoms with Gasteiger partial charge in [-0.15, -0.1) is 0 Å². The van der Waals surface area contributed by atoms with Crippen molar-refractivity contribution in [3.63, 3.8) is 0 Å². The van der Waals surface area contributed by atoms with Crippen LogP contribution in [0.5, 0.6) is 0 Å². The van der Waals surface area contributed by atoms with Gasteiger partial charge < -0.3 is 34.3 Å². The molecule has 12 nitrogen and oxygen atoms in total. The molecule has 1 saturated heterocycles. The number of aliphatic hydroxyl groups excluding tert-OH is 3. The molecule has 1 rings (SSSR count). The molecular weight excluding hydrogens is 849 g/mol. The minimum Gasteiger partial charge on any atom is -0.457 e. The van der Waals surface area contributed by atoms with Crippen molar-refractivity contribution >= 4 is 16.4 Å². The van der Waals surface area contributed by atoms with E-state index >= 15 is 0 Å². The van der Waals surface area contributed by atoms with Crippen LogP contribution in [0.4, 0.5) is 0 Å². The Morgan fingerprint density at radius 2 is 1.06 bits per heavy atom. The molecule has 1 aliphatic heterocycles. The number of hydrogen-bond acceptors (Lipinski definition) is 11. The molecule has 0 amide bonds. The van der Waals surface area contributed by atoms with Crippen molar-refractivity contribution in [2.24, 2.45) is 0 Å². The summed E-state index contributed by atoms with van der Waals surface area (Å²) in [5, 5.41) is 30.7. The van der Waals surface area contributed by atoms with Gasteiger partial charge in [0.15, 0.2) is 6.29 Å². The molecule has 0 aliphatic carbocycles. The third-order valence-electron chi connectivity index (χ3n) is 12.0. The predicted octanol–water partition coefficient (Wildman–Crippen LogP) is 12.1. The number of hydrogen-bond donors (Lipinski definition) is 4. The van der Waals surface area contributed by atoms with Gasteiger partial charge in [0.05, 0.1) is 19.8 Å². The maximum absolute atomic E-state index is 12.9. The summed E-state index contributed by atoms with van der Waals surface area (Å²) in [5.41, 5.74) is 0. The molecule has 1 aliphatic rings. The lowest BCUT2D eigenvalue weighted by Gasteiger charge is -2.41. The van der Waals surface area contributed by atoms with Crippen molar-refractivity contribution in [3.8, 4) is 0 Å². The van der Waals surface area contributed by atoms with Crippen LogP contribution in [0.3, 0.4) is 0 Å². The lowest BCUT2D eigenvalue weighted by Crippen LogP contribution is -2.60. The maximum atomic E-state index is 12.9. The molecule has 1 fully saturated rings. The molecule has 0 aromatic rings. The molecule has 4 N–H and O–H groups in total. The summed E-state index contributed by atoms with van der Waals surface area (Å²) in [6.07, 6.45) is 43.5. The van der Waals surface area contributed by atoms with Crippen molar-refractivity contribution in [1.82, 2.24) is 0 Å².